The van der Waals surface area contributed by atoms with Gasteiger partial charge in [0.15, 0.2) is 0 Å². The van der Waals surface area contributed by atoms with Gasteiger partial charge in [-0.05, 0) is 39.3 Å². The lowest BCUT2D eigenvalue weighted by molar-refractivity contribution is 0.00684. The second-order valence-electron chi connectivity index (χ2n) is 4.71. The van der Waals surface area contributed by atoms with Crippen LogP contribution >= 0.6 is 0 Å². The summed E-state index contributed by atoms with van der Waals surface area (Å²) in [6.45, 7) is 7.07. The van der Waals surface area contributed by atoms with E-state index in [9.17, 15) is 9.90 Å². The third-order valence-electron chi connectivity index (χ3n) is 2.05. The van der Waals surface area contributed by atoms with Crippen molar-refractivity contribution in [3.05, 3.63) is 23.3 Å². The van der Waals surface area contributed by atoms with E-state index in [1.807, 2.05) is 0 Å². The molecule has 0 radical (unpaired) electrons. The number of esters is 1. The van der Waals surface area contributed by atoms with E-state index in [1.54, 1.807) is 27.7 Å². The average molecular weight is 223 g/mol. The van der Waals surface area contributed by atoms with Gasteiger partial charge < -0.3 is 15.6 Å². The van der Waals surface area contributed by atoms with Gasteiger partial charge in [-0.3, -0.25) is 0 Å². The third kappa shape index (κ3) is 2.89. The molecule has 0 spiro atoms. The summed E-state index contributed by atoms with van der Waals surface area (Å²) in [5.41, 5.74) is 6.38. The molecule has 1 aromatic carbocycles. The lowest BCUT2D eigenvalue weighted by Crippen LogP contribution is -2.24. The number of hydrogen-bond donors (Lipinski definition) is 2. The molecule has 0 amide bonds. The monoisotopic (exact) mass is 223 g/mol. The van der Waals surface area contributed by atoms with Gasteiger partial charge in [0, 0.05) is 11.8 Å². The van der Waals surface area contributed by atoms with E-state index in [0.717, 1.165) is 0 Å². The molecule has 0 unspecified atom stereocenters. The van der Waals surface area contributed by atoms with E-state index in [2.05, 4.69) is 0 Å². The van der Waals surface area contributed by atoms with Gasteiger partial charge in [-0.1, -0.05) is 0 Å². The highest BCUT2D eigenvalue weighted by Crippen LogP contribution is 2.24. The van der Waals surface area contributed by atoms with Gasteiger partial charge in [0.1, 0.15) is 11.4 Å². The zero-order valence-corrected chi connectivity index (χ0v) is 10.00. The minimum absolute atomic E-state index is 0.0380. The van der Waals surface area contributed by atoms with Crippen molar-refractivity contribution in [3.63, 3.8) is 0 Å². The maximum atomic E-state index is 11.8. The highest BCUT2D eigenvalue weighted by Gasteiger charge is 2.20. The molecule has 88 valence electrons. The molecule has 0 atom stereocenters. The van der Waals surface area contributed by atoms with Crippen LogP contribution in [-0.4, -0.2) is 16.7 Å². The number of phenolic OH excluding ortho intramolecular Hbond substituents is 1. The molecule has 0 aliphatic heterocycles. The number of ether oxygens (including phenoxy) is 1. The van der Waals surface area contributed by atoms with Crippen molar-refractivity contribution in [1.29, 1.82) is 0 Å². The topological polar surface area (TPSA) is 72.5 Å². The van der Waals surface area contributed by atoms with E-state index < -0.39 is 11.6 Å². The molecule has 4 heteroatoms. The van der Waals surface area contributed by atoms with Crippen LogP contribution in [0.3, 0.4) is 0 Å². The fourth-order valence-corrected chi connectivity index (χ4v) is 1.27. The predicted molar refractivity (Wildman–Crippen MR) is 62.4 cm³/mol. The number of hydrogen-bond acceptors (Lipinski definition) is 4. The maximum absolute atomic E-state index is 11.8. The Morgan fingerprint density at radius 3 is 2.44 bits per heavy atom. The molecular weight excluding hydrogens is 206 g/mol. The number of rotatable bonds is 1. The van der Waals surface area contributed by atoms with Crippen LogP contribution in [0.25, 0.3) is 0 Å². The lowest BCUT2D eigenvalue weighted by Gasteiger charge is -2.20. The van der Waals surface area contributed by atoms with Crippen LogP contribution < -0.4 is 5.73 Å². The summed E-state index contributed by atoms with van der Waals surface area (Å²) >= 11 is 0. The average Bonchev–Trinajstić information content (AvgIpc) is 2.08. The molecule has 0 saturated carbocycles. The van der Waals surface area contributed by atoms with Gasteiger partial charge in [0.25, 0.3) is 0 Å². The van der Waals surface area contributed by atoms with Crippen molar-refractivity contribution in [2.45, 2.75) is 33.3 Å². The molecule has 0 heterocycles. The van der Waals surface area contributed by atoms with Gasteiger partial charge >= 0.3 is 5.97 Å². The first kappa shape index (κ1) is 12.4. The van der Waals surface area contributed by atoms with Crippen LogP contribution in [-0.2, 0) is 4.74 Å². The van der Waals surface area contributed by atoms with E-state index in [4.69, 9.17) is 10.5 Å². The molecule has 1 aromatic rings. The number of aromatic hydroxyl groups is 1. The maximum Gasteiger partial charge on any atom is 0.339 e. The minimum atomic E-state index is -0.566. The van der Waals surface area contributed by atoms with Crippen LogP contribution in [0, 0.1) is 6.92 Å². The van der Waals surface area contributed by atoms with Gasteiger partial charge in [0.2, 0.25) is 0 Å². The first-order valence-corrected chi connectivity index (χ1v) is 5.03. The molecule has 0 fully saturated rings. The van der Waals surface area contributed by atoms with Gasteiger partial charge in [-0.25, -0.2) is 4.79 Å². The fraction of sp³-hybridized carbons (Fsp3) is 0.417. The van der Waals surface area contributed by atoms with E-state index in [1.165, 1.54) is 12.1 Å². The molecule has 0 aromatic heterocycles. The number of phenols is 1. The molecule has 3 N–H and O–H groups in total. The van der Waals surface area contributed by atoms with E-state index in [0.29, 0.717) is 16.8 Å². The van der Waals surface area contributed by atoms with Gasteiger partial charge in [0.05, 0.1) is 5.56 Å². The first-order valence-electron chi connectivity index (χ1n) is 5.03. The Bertz CT molecular complexity index is 419. The predicted octanol–water partition coefficient (Wildman–Crippen LogP) is 2.24. The second kappa shape index (κ2) is 4.04. The largest absolute Gasteiger partial charge is 0.508 e. The molecule has 0 saturated heterocycles. The summed E-state index contributed by atoms with van der Waals surface area (Å²) in [5.74, 6) is -0.517. The fourth-order valence-electron chi connectivity index (χ4n) is 1.27. The smallest absolute Gasteiger partial charge is 0.339 e. The Morgan fingerprint density at radius 2 is 1.94 bits per heavy atom. The first-order chi connectivity index (χ1) is 7.20. The van der Waals surface area contributed by atoms with Gasteiger partial charge in [-0.15, -0.1) is 0 Å². The highest BCUT2D eigenvalue weighted by atomic mass is 16.6. The summed E-state index contributed by atoms with van der Waals surface area (Å²) in [7, 11) is 0. The van der Waals surface area contributed by atoms with Crippen molar-refractivity contribution in [2.75, 3.05) is 5.73 Å². The number of carbonyl (C=O) groups is 1. The molecule has 16 heavy (non-hydrogen) atoms. The zero-order chi connectivity index (χ0) is 12.5. The van der Waals surface area contributed by atoms with E-state index >= 15 is 0 Å². The summed E-state index contributed by atoms with van der Waals surface area (Å²) in [6, 6.07) is 2.77. The van der Waals surface area contributed by atoms with Crippen molar-refractivity contribution >= 4 is 11.7 Å². The van der Waals surface area contributed by atoms with Crippen molar-refractivity contribution in [2.24, 2.45) is 0 Å². The Balaban J connectivity index is 3.09. The van der Waals surface area contributed by atoms with Crippen LogP contribution in [0.2, 0.25) is 0 Å². The van der Waals surface area contributed by atoms with Crippen molar-refractivity contribution < 1.29 is 14.6 Å². The van der Waals surface area contributed by atoms with Crippen molar-refractivity contribution in [1.82, 2.24) is 0 Å². The minimum Gasteiger partial charge on any atom is -0.508 e. The number of anilines is 1. The highest BCUT2D eigenvalue weighted by molar-refractivity contribution is 5.93. The summed E-state index contributed by atoms with van der Waals surface area (Å²) in [5, 5.41) is 9.38. The molecular formula is C12H17NO3. The number of carbonyl (C=O) groups excluding carboxylic acids is 1. The van der Waals surface area contributed by atoms with Crippen LogP contribution in [0.1, 0.15) is 36.7 Å². The Kier molecular flexibility index (Phi) is 3.12. The molecule has 1 rings (SSSR count). The van der Waals surface area contributed by atoms with Crippen LogP contribution in [0.5, 0.6) is 5.75 Å². The summed E-state index contributed by atoms with van der Waals surface area (Å²) < 4.78 is 5.21. The number of benzene rings is 1. The zero-order valence-electron chi connectivity index (χ0n) is 10.00. The normalized spacial score (nSPS) is 11.2. The van der Waals surface area contributed by atoms with Gasteiger partial charge in [-0.2, -0.15) is 0 Å². The quantitative estimate of drug-likeness (QED) is 0.565. The Hall–Kier alpha value is -1.71. The standard InChI is InChI=1S/C12H17NO3/c1-7-9(5-8(14)6-10(7)13)11(15)16-12(2,3)4/h5-6,14H,13H2,1-4H3. The summed E-state index contributed by atoms with van der Waals surface area (Å²) in [6.07, 6.45) is 0. The summed E-state index contributed by atoms with van der Waals surface area (Å²) in [4.78, 5) is 11.8. The van der Waals surface area contributed by atoms with Crippen LogP contribution in [0.15, 0.2) is 12.1 Å². The Labute approximate surface area is 95.0 Å². The molecule has 0 bridgehead atoms. The number of nitrogen functional groups attached to an aromatic ring is 1. The molecule has 0 aliphatic rings. The van der Waals surface area contributed by atoms with Crippen molar-refractivity contribution in [3.8, 4) is 5.75 Å². The SMILES string of the molecule is Cc1c(N)cc(O)cc1C(=O)OC(C)(C)C. The second-order valence-corrected chi connectivity index (χ2v) is 4.71. The molecule has 0 aliphatic carbocycles. The Morgan fingerprint density at radius 1 is 1.38 bits per heavy atom. The van der Waals surface area contributed by atoms with E-state index in [-0.39, 0.29) is 5.75 Å². The lowest BCUT2D eigenvalue weighted by atomic mass is 10.1. The van der Waals surface area contributed by atoms with Crippen LogP contribution in [0.4, 0.5) is 5.69 Å². The number of nitrogens with two attached hydrogens (primary N) is 1. The third-order valence-corrected chi connectivity index (χ3v) is 2.05. The molecule has 4 nitrogen and oxygen atoms in total.